The number of nitrogens with one attached hydrogen (secondary N) is 1. The Morgan fingerprint density at radius 1 is 1.36 bits per heavy atom. The van der Waals surface area contributed by atoms with E-state index in [2.05, 4.69) is 25.8 Å². The van der Waals surface area contributed by atoms with Crippen LogP contribution in [-0.4, -0.2) is 40.1 Å². The molecule has 0 aromatic carbocycles. The molecule has 3 rings (SSSR count). The minimum atomic E-state index is -0.318. The van der Waals surface area contributed by atoms with E-state index >= 15 is 0 Å². The molecule has 0 radical (unpaired) electrons. The number of hydrogen-bond donors (Lipinski definition) is 1. The molecule has 2 atom stereocenters. The zero-order chi connectivity index (χ0) is 16.0. The number of aromatic amines is 1. The second-order valence-corrected chi connectivity index (χ2v) is 7.32. The molecule has 1 aromatic heterocycles. The predicted molar refractivity (Wildman–Crippen MR) is 83.9 cm³/mol. The van der Waals surface area contributed by atoms with Crippen molar-refractivity contribution in [1.82, 2.24) is 9.88 Å². The first-order chi connectivity index (χ1) is 10.3. The molecule has 0 spiro atoms. The molecule has 0 aliphatic carbocycles. The number of carbonyl (C=O) groups is 1. The topological polar surface area (TPSA) is 62.4 Å². The minimum Gasteiger partial charge on any atom is -0.369 e. The molecule has 1 N–H and O–H groups in total. The fraction of sp³-hybridized carbons (Fsp3) is 0.647. The molecule has 120 valence electrons. The van der Waals surface area contributed by atoms with Crippen molar-refractivity contribution in [2.24, 2.45) is 5.92 Å². The summed E-state index contributed by atoms with van der Waals surface area (Å²) in [6.45, 7) is 7.73. The molecule has 0 bridgehead atoms. The molecule has 2 fully saturated rings. The molecule has 3 heterocycles. The lowest BCUT2D eigenvalue weighted by atomic mass is 9.74. The van der Waals surface area contributed by atoms with E-state index in [0.717, 1.165) is 19.3 Å². The van der Waals surface area contributed by atoms with E-state index in [1.165, 1.54) is 0 Å². The quantitative estimate of drug-likeness (QED) is 0.865. The number of likely N-dealkylation sites (tertiary alicyclic amines) is 1. The van der Waals surface area contributed by atoms with Crippen LogP contribution in [0.1, 0.15) is 50.4 Å². The molecule has 0 saturated carbocycles. The van der Waals surface area contributed by atoms with Crippen LogP contribution in [0.3, 0.4) is 0 Å². The maximum atomic E-state index is 12.6. The van der Waals surface area contributed by atoms with Gasteiger partial charge in [-0.05, 0) is 52.2 Å². The first-order valence-electron chi connectivity index (χ1n) is 7.98. The van der Waals surface area contributed by atoms with Crippen molar-refractivity contribution >= 4 is 5.91 Å². The molecule has 5 nitrogen and oxygen atoms in total. The largest absolute Gasteiger partial charge is 0.369 e. The van der Waals surface area contributed by atoms with E-state index in [1.807, 2.05) is 0 Å². The summed E-state index contributed by atoms with van der Waals surface area (Å²) < 4.78 is 6.32. The number of amides is 1. The molecule has 2 aliphatic heterocycles. The molecule has 1 aromatic rings. The van der Waals surface area contributed by atoms with E-state index in [9.17, 15) is 9.59 Å². The first-order valence-corrected chi connectivity index (χ1v) is 7.98. The highest BCUT2D eigenvalue weighted by atomic mass is 16.5. The van der Waals surface area contributed by atoms with Gasteiger partial charge in [0.25, 0.3) is 11.5 Å². The maximum Gasteiger partial charge on any atom is 0.260 e. The van der Waals surface area contributed by atoms with Crippen molar-refractivity contribution in [2.75, 3.05) is 13.1 Å². The zero-order valence-corrected chi connectivity index (χ0v) is 13.5. The van der Waals surface area contributed by atoms with Gasteiger partial charge in [0.1, 0.15) is 5.56 Å². The van der Waals surface area contributed by atoms with Gasteiger partial charge in [-0.2, -0.15) is 0 Å². The van der Waals surface area contributed by atoms with Crippen molar-refractivity contribution in [3.05, 3.63) is 34.2 Å². The summed E-state index contributed by atoms with van der Waals surface area (Å²) in [6, 6.07) is 3.28. The Labute approximate surface area is 130 Å². The normalized spacial score (nSPS) is 30.7. The van der Waals surface area contributed by atoms with Gasteiger partial charge in [0.05, 0.1) is 11.2 Å². The second-order valence-electron chi connectivity index (χ2n) is 7.32. The Balaban J connectivity index is 1.77. The number of rotatable bonds is 1. The van der Waals surface area contributed by atoms with Crippen LogP contribution < -0.4 is 5.56 Å². The van der Waals surface area contributed by atoms with Gasteiger partial charge in [-0.25, -0.2) is 0 Å². The van der Waals surface area contributed by atoms with E-state index in [4.69, 9.17) is 4.74 Å². The number of ether oxygens (including phenoxy) is 1. The molecular weight excluding hydrogens is 280 g/mol. The Morgan fingerprint density at radius 2 is 2.14 bits per heavy atom. The Bertz CT molecular complexity index is 637. The Morgan fingerprint density at radius 3 is 2.86 bits per heavy atom. The van der Waals surface area contributed by atoms with Gasteiger partial charge in [-0.15, -0.1) is 0 Å². The van der Waals surface area contributed by atoms with Crippen molar-refractivity contribution in [3.63, 3.8) is 0 Å². The summed E-state index contributed by atoms with van der Waals surface area (Å²) in [5, 5.41) is 0. The number of carbonyl (C=O) groups excluding carboxylic acids is 1. The van der Waals surface area contributed by atoms with Crippen molar-refractivity contribution < 1.29 is 9.53 Å². The second kappa shape index (κ2) is 5.23. The van der Waals surface area contributed by atoms with Crippen LogP contribution in [0.15, 0.2) is 23.1 Å². The monoisotopic (exact) mass is 304 g/mol. The van der Waals surface area contributed by atoms with E-state index in [-0.39, 0.29) is 28.2 Å². The van der Waals surface area contributed by atoms with E-state index in [0.29, 0.717) is 19.0 Å². The molecule has 0 unspecified atom stereocenters. The number of hydrogen-bond acceptors (Lipinski definition) is 3. The lowest BCUT2D eigenvalue weighted by Gasteiger charge is -2.53. The number of fused-ring (bicyclic) bond motifs is 1. The average Bonchev–Trinajstić information content (AvgIpc) is 2.45. The highest BCUT2D eigenvalue weighted by Crippen LogP contribution is 2.43. The molecule has 22 heavy (non-hydrogen) atoms. The average molecular weight is 304 g/mol. The van der Waals surface area contributed by atoms with Crippen LogP contribution >= 0.6 is 0 Å². The predicted octanol–water partition coefficient (Wildman–Crippen LogP) is 2.18. The van der Waals surface area contributed by atoms with Crippen molar-refractivity contribution in [3.8, 4) is 0 Å². The lowest BCUT2D eigenvalue weighted by Crippen LogP contribution is -2.58. The smallest absolute Gasteiger partial charge is 0.260 e. The number of H-pyrrole nitrogens is 1. The third kappa shape index (κ3) is 2.70. The van der Waals surface area contributed by atoms with Crippen LogP contribution in [0.5, 0.6) is 0 Å². The van der Waals surface area contributed by atoms with E-state index in [1.54, 1.807) is 23.2 Å². The van der Waals surface area contributed by atoms with Crippen molar-refractivity contribution in [2.45, 2.75) is 51.2 Å². The number of aromatic nitrogens is 1. The zero-order valence-electron chi connectivity index (χ0n) is 13.5. The van der Waals surface area contributed by atoms with Crippen LogP contribution in [0, 0.1) is 5.92 Å². The summed E-state index contributed by atoms with van der Waals surface area (Å²) in [5.41, 5.74) is -0.347. The number of nitrogens with zero attached hydrogens (tertiary/aromatic N) is 1. The van der Waals surface area contributed by atoms with Gasteiger partial charge in [-0.3, -0.25) is 9.59 Å². The Kier molecular flexibility index (Phi) is 3.63. The van der Waals surface area contributed by atoms with Crippen LogP contribution in [-0.2, 0) is 4.74 Å². The lowest BCUT2D eigenvalue weighted by molar-refractivity contribution is -0.210. The summed E-state index contributed by atoms with van der Waals surface area (Å²) in [7, 11) is 0. The summed E-state index contributed by atoms with van der Waals surface area (Å²) >= 11 is 0. The SMILES string of the molecule is CC1(C)CC[C@H]2CN(C(=O)c3ccc[nH]c3=O)CC[C@@]2(C)O1. The van der Waals surface area contributed by atoms with Crippen LogP contribution in [0.4, 0.5) is 0 Å². The van der Waals surface area contributed by atoms with E-state index < -0.39 is 0 Å². The van der Waals surface area contributed by atoms with Gasteiger partial charge in [0.2, 0.25) is 0 Å². The first kappa shape index (κ1) is 15.3. The summed E-state index contributed by atoms with van der Waals surface area (Å²) in [4.78, 5) is 28.8. The number of pyridine rings is 1. The highest BCUT2D eigenvalue weighted by Gasteiger charge is 2.48. The van der Waals surface area contributed by atoms with Gasteiger partial charge in [-0.1, -0.05) is 0 Å². The van der Waals surface area contributed by atoms with Crippen LogP contribution in [0.2, 0.25) is 0 Å². The number of piperidine rings is 1. The maximum absolute atomic E-state index is 12.6. The fourth-order valence-corrected chi connectivity index (χ4v) is 3.79. The Hall–Kier alpha value is -1.62. The fourth-order valence-electron chi connectivity index (χ4n) is 3.79. The minimum absolute atomic E-state index is 0.0893. The highest BCUT2D eigenvalue weighted by molar-refractivity contribution is 5.93. The molecule has 2 aliphatic rings. The molecule has 5 heteroatoms. The van der Waals surface area contributed by atoms with Gasteiger partial charge in [0.15, 0.2) is 0 Å². The standard InChI is InChI=1S/C17H24N2O3/c1-16(2)7-6-12-11-19(10-8-17(12,3)22-16)15(21)13-5-4-9-18-14(13)20/h4-5,9,12H,6-8,10-11H2,1-3H3,(H,18,20)/t12-,17+/m0/s1. The van der Waals surface area contributed by atoms with Gasteiger partial charge in [0, 0.05) is 25.2 Å². The molecule has 1 amide bonds. The third-order valence-corrected chi connectivity index (χ3v) is 5.12. The summed E-state index contributed by atoms with van der Waals surface area (Å²) in [6.07, 6.45) is 4.42. The van der Waals surface area contributed by atoms with Gasteiger partial charge < -0.3 is 14.6 Å². The van der Waals surface area contributed by atoms with Crippen LogP contribution in [0.25, 0.3) is 0 Å². The van der Waals surface area contributed by atoms with Gasteiger partial charge >= 0.3 is 0 Å². The third-order valence-electron chi connectivity index (χ3n) is 5.12. The summed E-state index contributed by atoms with van der Waals surface area (Å²) in [5.74, 6) is 0.162. The molecular formula is C17H24N2O3. The van der Waals surface area contributed by atoms with Crippen molar-refractivity contribution in [1.29, 1.82) is 0 Å². The molecule has 2 saturated heterocycles.